The minimum Gasteiger partial charge on any atom is -0.623 e. The van der Waals surface area contributed by atoms with Gasteiger partial charge in [0.15, 0.2) is 6.21 Å². The largest absolute Gasteiger partial charge is 0.623 e. The van der Waals surface area contributed by atoms with E-state index in [1.807, 2.05) is 0 Å². The monoisotopic (exact) mass is 300 g/mol. The van der Waals surface area contributed by atoms with E-state index in [4.69, 9.17) is 28.4 Å². The minimum atomic E-state index is -0.412. The van der Waals surface area contributed by atoms with Gasteiger partial charge in [0.1, 0.15) is 5.71 Å². The van der Waals surface area contributed by atoms with Gasteiger partial charge in [0.25, 0.3) is 0 Å². The van der Waals surface area contributed by atoms with E-state index in [1.54, 1.807) is 18.2 Å². The van der Waals surface area contributed by atoms with Gasteiger partial charge in [0.05, 0.1) is 10.6 Å². The summed E-state index contributed by atoms with van der Waals surface area (Å²) in [6.07, 6.45) is 4.66. The lowest BCUT2D eigenvalue weighted by Crippen LogP contribution is -2.34. The maximum atomic E-state index is 12.2. The maximum absolute atomic E-state index is 12.2. The number of hydrogen-bond acceptors (Lipinski definition) is 3. The average molecular weight is 301 g/mol. The van der Waals surface area contributed by atoms with Crippen molar-refractivity contribution in [3.05, 3.63) is 39.0 Å². The van der Waals surface area contributed by atoms with Crippen molar-refractivity contribution >= 4 is 35.1 Å². The van der Waals surface area contributed by atoms with E-state index in [0.717, 1.165) is 17.6 Å². The molecule has 19 heavy (non-hydrogen) atoms. The fraction of sp³-hybridized carbons (Fsp3) is 0.385. The Morgan fingerprint density at radius 1 is 1.37 bits per heavy atom. The van der Waals surface area contributed by atoms with E-state index in [9.17, 15) is 5.21 Å². The fourth-order valence-corrected chi connectivity index (χ4v) is 2.66. The summed E-state index contributed by atoms with van der Waals surface area (Å²) in [4.78, 5) is 0. The van der Waals surface area contributed by atoms with Gasteiger partial charge in [0.2, 0.25) is 6.04 Å². The van der Waals surface area contributed by atoms with Crippen molar-refractivity contribution in [3.63, 3.8) is 0 Å². The standard InChI is InChI=1S/C13H14Cl2N2O2/c14-10-6-5-9(11(15)7-10)8-17(19)13-4-2-1-3-12(13)16-18/h5-8,13,18H,1-4H2/b16-12+,17-8-. The van der Waals surface area contributed by atoms with Gasteiger partial charge in [-0.1, -0.05) is 28.4 Å². The van der Waals surface area contributed by atoms with Crippen LogP contribution in [0.4, 0.5) is 0 Å². The van der Waals surface area contributed by atoms with E-state index in [1.165, 1.54) is 6.21 Å². The molecule has 1 saturated carbocycles. The van der Waals surface area contributed by atoms with Crippen molar-refractivity contribution in [1.82, 2.24) is 0 Å². The summed E-state index contributed by atoms with van der Waals surface area (Å²) in [6.45, 7) is 0. The zero-order valence-electron chi connectivity index (χ0n) is 10.2. The molecule has 2 rings (SSSR count). The Bertz CT molecular complexity index is 529. The molecular formula is C13H14Cl2N2O2. The molecular weight excluding hydrogens is 287 g/mol. The van der Waals surface area contributed by atoms with Crippen LogP contribution in [0.15, 0.2) is 23.4 Å². The molecule has 1 aromatic carbocycles. The topological polar surface area (TPSA) is 58.7 Å². The smallest absolute Gasteiger partial charge is 0.204 e. The first kappa shape index (κ1) is 14.2. The Balaban J connectivity index is 2.26. The van der Waals surface area contributed by atoms with Gasteiger partial charge >= 0.3 is 0 Å². The summed E-state index contributed by atoms with van der Waals surface area (Å²) in [6, 6.07) is 4.54. The molecule has 0 aliphatic heterocycles. The summed E-state index contributed by atoms with van der Waals surface area (Å²) in [5.74, 6) is 0. The molecule has 1 N–H and O–H groups in total. The molecule has 1 fully saturated rings. The summed E-state index contributed by atoms with van der Waals surface area (Å²) >= 11 is 11.8. The van der Waals surface area contributed by atoms with E-state index in [-0.39, 0.29) is 0 Å². The summed E-state index contributed by atoms with van der Waals surface area (Å²) < 4.78 is 0.809. The van der Waals surface area contributed by atoms with Crippen molar-refractivity contribution in [2.45, 2.75) is 31.7 Å². The number of nitrogens with zero attached hydrogens (tertiary/aromatic N) is 2. The van der Waals surface area contributed by atoms with E-state index in [0.29, 0.717) is 34.2 Å². The number of benzene rings is 1. The highest BCUT2D eigenvalue weighted by Gasteiger charge is 2.27. The third kappa shape index (κ3) is 3.39. The van der Waals surface area contributed by atoms with Crippen molar-refractivity contribution in [2.24, 2.45) is 5.16 Å². The van der Waals surface area contributed by atoms with Gasteiger partial charge in [-0.3, -0.25) is 0 Å². The molecule has 1 unspecified atom stereocenters. The normalized spacial score (nSPS) is 22.7. The average Bonchev–Trinajstić information content (AvgIpc) is 2.41. The molecule has 0 radical (unpaired) electrons. The van der Waals surface area contributed by atoms with Crippen LogP contribution in [0.1, 0.15) is 31.2 Å². The number of hydroxylamine groups is 1. The zero-order chi connectivity index (χ0) is 13.8. The quantitative estimate of drug-likeness (QED) is 0.298. The highest BCUT2D eigenvalue weighted by Crippen LogP contribution is 2.21. The predicted molar refractivity (Wildman–Crippen MR) is 76.7 cm³/mol. The summed E-state index contributed by atoms with van der Waals surface area (Å²) in [5.41, 5.74) is 1.13. The van der Waals surface area contributed by atoms with Crippen LogP contribution in [0, 0.1) is 5.21 Å². The first-order chi connectivity index (χ1) is 9.11. The molecule has 0 aromatic heterocycles. The SMILES string of the molecule is [O-]/[N+](=C\c1ccc(Cl)cc1Cl)C1CCCC/C1=N\O. The highest BCUT2D eigenvalue weighted by molar-refractivity contribution is 6.36. The molecule has 0 heterocycles. The Hall–Kier alpha value is -1.26. The van der Waals surface area contributed by atoms with Crippen LogP contribution in [0.5, 0.6) is 0 Å². The van der Waals surface area contributed by atoms with Crippen molar-refractivity contribution in [1.29, 1.82) is 0 Å². The van der Waals surface area contributed by atoms with E-state index < -0.39 is 6.04 Å². The van der Waals surface area contributed by atoms with Crippen LogP contribution < -0.4 is 0 Å². The van der Waals surface area contributed by atoms with Crippen molar-refractivity contribution < 1.29 is 9.95 Å². The Kier molecular flexibility index (Phi) is 4.66. The Labute approximate surface area is 121 Å². The van der Waals surface area contributed by atoms with Crippen molar-refractivity contribution in [2.75, 3.05) is 0 Å². The van der Waals surface area contributed by atoms with Gasteiger partial charge in [-0.25, -0.2) is 4.74 Å². The first-order valence-electron chi connectivity index (χ1n) is 6.08. The predicted octanol–water partition coefficient (Wildman–Crippen LogP) is 3.70. The first-order valence-corrected chi connectivity index (χ1v) is 6.83. The molecule has 6 heteroatoms. The number of oxime groups is 1. The third-order valence-electron chi connectivity index (χ3n) is 3.21. The van der Waals surface area contributed by atoms with Crippen molar-refractivity contribution in [3.8, 4) is 0 Å². The fourth-order valence-electron chi connectivity index (χ4n) is 2.20. The third-order valence-corrected chi connectivity index (χ3v) is 3.77. The van der Waals surface area contributed by atoms with Crippen LogP contribution in [-0.4, -0.2) is 27.9 Å². The molecule has 1 atom stereocenters. The maximum Gasteiger partial charge on any atom is 0.204 e. The van der Waals surface area contributed by atoms with Crippen LogP contribution >= 0.6 is 23.2 Å². The molecule has 1 aromatic rings. The lowest BCUT2D eigenvalue weighted by Gasteiger charge is -2.21. The minimum absolute atomic E-state index is 0.412. The van der Waals surface area contributed by atoms with Gasteiger partial charge in [-0.2, -0.15) is 0 Å². The molecule has 4 nitrogen and oxygen atoms in total. The van der Waals surface area contributed by atoms with Gasteiger partial charge in [-0.05, 0) is 37.5 Å². The van der Waals surface area contributed by atoms with Crippen LogP contribution in [0.2, 0.25) is 10.0 Å². The van der Waals surface area contributed by atoms with E-state index in [2.05, 4.69) is 5.16 Å². The van der Waals surface area contributed by atoms with E-state index >= 15 is 0 Å². The van der Waals surface area contributed by atoms with Gasteiger partial charge in [0, 0.05) is 11.4 Å². The van der Waals surface area contributed by atoms with Crippen LogP contribution in [0.25, 0.3) is 0 Å². The molecule has 0 spiro atoms. The molecule has 0 amide bonds. The molecule has 1 aliphatic carbocycles. The van der Waals surface area contributed by atoms with Gasteiger partial charge < -0.3 is 10.4 Å². The summed E-state index contributed by atoms with van der Waals surface area (Å²) in [5, 5.41) is 25.3. The second-order valence-electron chi connectivity index (χ2n) is 4.51. The number of halogens is 2. The van der Waals surface area contributed by atoms with Gasteiger partial charge in [-0.15, -0.1) is 0 Å². The summed E-state index contributed by atoms with van der Waals surface area (Å²) in [7, 11) is 0. The second-order valence-corrected chi connectivity index (χ2v) is 5.35. The lowest BCUT2D eigenvalue weighted by molar-refractivity contribution is -0.478. The Morgan fingerprint density at radius 3 is 2.84 bits per heavy atom. The molecule has 102 valence electrons. The van der Waals surface area contributed by atoms with Crippen LogP contribution in [-0.2, 0) is 0 Å². The lowest BCUT2D eigenvalue weighted by atomic mass is 9.93. The Morgan fingerprint density at radius 2 is 2.16 bits per heavy atom. The molecule has 1 aliphatic rings. The number of hydrogen-bond donors (Lipinski definition) is 1. The second kappa shape index (κ2) is 6.26. The molecule has 0 bridgehead atoms. The van der Waals surface area contributed by atoms with Crippen LogP contribution in [0.3, 0.4) is 0 Å². The number of rotatable bonds is 2. The highest BCUT2D eigenvalue weighted by atomic mass is 35.5. The zero-order valence-corrected chi connectivity index (χ0v) is 11.7. The molecule has 0 saturated heterocycles.